The lowest BCUT2D eigenvalue weighted by atomic mass is 10.3. The van der Waals surface area contributed by atoms with Gasteiger partial charge in [-0.3, -0.25) is 0 Å². The molecule has 0 saturated carbocycles. The summed E-state index contributed by atoms with van der Waals surface area (Å²) in [6.45, 7) is 3.44. The minimum Gasteiger partial charge on any atom is -0.459 e. The maximum atomic E-state index is 11.4. The summed E-state index contributed by atoms with van der Waals surface area (Å²) in [4.78, 5) is 15.4. The molecule has 5 heteroatoms. The molecule has 0 fully saturated rings. The van der Waals surface area contributed by atoms with Gasteiger partial charge < -0.3 is 10.1 Å². The molecule has 0 radical (unpaired) electrons. The number of carbonyl (C=O) groups excluding carboxylic acids is 1. The van der Waals surface area contributed by atoms with Crippen molar-refractivity contribution in [3.63, 3.8) is 0 Å². The fourth-order valence-corrected chi connectivity index (χ4v) is 1.01. The molecule has 0 atom stereocenters. The second-order valence-electron chi connectivity index (χ2n) is 3.48. The number of carbonyl (C=O) groups is 1. The van der Waals surface area contributed by atoms with Gasteiger partial charge in [0.05, 0.1) is 6.10 Å². The molecule has 0 unspecified atom stereocenters. The average molecular weight is 231 g/mol. The highest BCUT2D eigenvalue weighted by atomic mass is 16.5. The Balaban J connectivity index is 2.69. The minimum absolute atomic E-state index is 0.0932. The molecule has 1 N–H and O–H groups in total. The van der Waals surface area contributed by atoms with E-state index >= 15 is 0 Å². The molecule has 0 aromatic carbocycles. The van der Waals surface area contributed by atoms with E-state index in [2.05, 4.69) is 10.3 Å². The summed E-state index contributed by atoms with van der Waals surface area (Å²) in [5, 5.41) is 11.6. The van der Waals surface area contributed by atoms with Crippen LogP contribution in [0.25, 0.3) is 0 Å². The van der Waals surface area contributed by atoms with Crippen molar-refractivity contribution < 1.29 is 9.53 Å². The van der Waals surface area contributed by atoms with Crippen molar-refractivity contribution in [2.75, 3.05) is 5.32 Å². The Morgan fingerprint density at radius 3 is 2.88 bits per heavy atom. The second-order valence-corrected chi connectivity index (χ2v) is 3.48. The molecule has 0 saturated heterocycles. The first-order valence-corrected chi connectivity index (χ1v) is 5.12. The summed E-state index contributed by atoms with van der Waals surface area (Å²) in [7, 11) is 0. The summed E-state index contributed by atoms with van der Waals surface area (Å²) < 4.78 is 4.90. The van der Waals surface area contributed by atoms with E-state index in [1.165, 1.54) is 6.20 Å². The molecule has 0 aliphatic heterocycles. The SMILES string of the molecule is CC(C)OC(=O)C(C#N)=CNc1ccccn1. The molecule has 17 heavy (non-hydrogen) atoms. The van der Waals surface area contributed by atoms with Crippen LogP contribution in [0.1, 0.15) is 13.8 Å². The highest BCUT2D eigenvalue weighted by Gasteiger charge is 2.11. The van der Waals surface area contributed by atoms with E-state index in [0.717, 1.165) is 0 Å². The van der Waals surface area contributed by atoms with Crippen molar-refractivity contribution in [2.45, 2.75) is 20.0 Å². The maximum absolute atomic E-state index is 11.4. The number of aromatic nitrogens is 1. The lowest BCUT2D eigenvalue weighted by molar-refractivity contribution is -0.142. The van der Waals surface area contributed by atoms with Crippen LogP contribution in [-0.4, -0.2) is 17.1 Å². The van der Waals surface area contributed by atoms with E-state index in [9.17, 15) is 4.79 Å². The number of esters is 1. The number of nitriles is 1. The number of pyridine rings is 1. The molecular formula is C12H13N3O2. The van der Waals surface area contributed by atoms with Gasteiger partial charge in [-0.15, -0.1) is 0 Å². The largest absolute Gasteiger partial charge is 0.459 e. The van der Waals surface area contributed by atoms with Crippen LogP contribution in [0.4, 0.5) is 5.82 Å². The van der Waals surface area contributed by atoms with Crippen molar-refractivity contribution >= 4 is 11.8 Å². The zero-order valence-electron chi connectivity index (χ0n) is 9.68. The van der Waals surface area contributed by atoms with Gasteiger partial charge in [-0.05, 0) is 26.0 Å². The Morgan fingerprint density at radius 2 is 2.35 bits per heavy atom. The molecule has 88 valence electrons. The van der Waals surface area contributed by atoms with E-state index < -0.39 is 5.97 Å². The zero-order valence-corrected chi connectivity index (χ0v) is 9.68. The van der Waals surface area contributed by atoms with Gasteiger partial charge in [-0.1, -0.05) is 6.07 Å². The molecule has 1 aromatic heterocycles. The third kappa shape index (κ3) is 4.34. The lowest BCUT2D eigenvalue weighted by Crippen LogP contribution is -2.13. The fourth-order valence-electron chi connectivity index (χ4n) is 1.01. The van der Waals surface area contributed by atoms with Crippen molar-refractivity contribution in [1.29, 1.82) is 5.26 Å². The fraction of sp³-hybridized carbons (Fsp3) is 0.250. The molecule has 0 aliphatic rings. The van der Waals surface area contributed by atoms with Crippen molar-refractivity contribution in [1.82, 2.24) is 4.98 Å². The molecule has 5 nitrogen and oxygen atoms in total. The van der Waals surface area contributed by atoms with Crippen LogP contribution in [0.15, 0.2) is 36.2 Å². The molecule has 1 heterocycles. The van der Waals surface area contributed by atoms with E-state index in [1.807, 2.05) is 0 Å². The molecule has 1 aromatic rings. The first-order valence-electron chi connectivity index (χ1n) is 5.12. The highest BCUT2D eigenvalue weighted by Crippen LogP contribution is 2.04. The predicted molar refractivity (Wildman–Crippen MR) is 62.8 cm³/mol. The average Bonchev–Trinajstić information content (AvgIpc) is 2.30. The van der Waals surface area contributed by atoms with E-state index in [-0.39, 0.29) is 11.7 Å². The standard InChI is InChI=1S/C12H13N3O2/c1-9(2)17-12(16)10(7-13)8-15-11-5-3-4-6-14-11/h3-6,8-9H,1-2H3,(H,14,15). The Kier molecular flexibility index (Phi) is 4.70. The molecule has 0 spiro atoms. The first kappa shape index (κ1) is 12.7. The van der Waals surface area contributed by atoms with Gasteiger partial charge in [0.1, 0.15) is 11.9 Å². The Morgan fingerprint density at radius 1 is 1.59 bits per heavy atom. The van der Waals surface area contributed by atoms with Crippen LogP contribution in [0.2, 0.25) is 0 Å². The van der Waals surface area contributed by atoms with Crippen molar-refractivity contribution in [2.24, 2.45) is 0 Å². The van der Waals surface area contributed by atoms with Gasteiger partial charge in [-0.25, -0.2) is 9.78 Å². The summed E-state index contributed by atoms with van der Waals surface area (Å²) in [6.07, 6.45) is 2.64. The predicted octanol–water partition coefficient (Wildman–Crippen LogP) is 1.85. The maximum Gasteiger partial charge on any atom is 0.350 e. The van der Waals surface area contributed by atoms with Gasteiger partial charge in [0.15, 0.2) is 5.57 Å². The number of nitrogens with zero attached hydrogens (tertiary/aromatic N) is 2. The second kappa shape index (κ2) is 6.28. The number of anilines is 1. The van der Waals surface area contributed by atoms with Crippen LogP contribution >= 0.6 is 0 Å². The third-order valence-corrected chi connectivity index (χ3v) is 1.71. The van der Waals surface area contributed by atoms with E-state index in [0.29, 0.717) is 5.82 Å². The van der Waals surface area contributed by atoms with E-state index in [1.54, 1.807) is 44.3 Å². The number of hydrogen-bond acceptors (Lipinski definition) is 5. The number of hydrogen-bond donors (Lipinski definition) is 1. The topological polar surface area (TPSA) is 75.0 Å². The Bertz CT molecular complexity index is 447. The Labute approximate surface area is 99.7 Å². The van der Waals surface area contributed by atoms with Gasteiger partial charge >= 0.3 is 5.97 Å². The van der Waals surface area contributed by atoms with Crippen LogP contribution in [0.3, 0.4) is 0 Å². The number of ether oxygens (including phenoxy) is 1. The molecule has 0 bridgehead atoms. The third-order valence-electron chi connectivity index (χ3n) is 1.71. The van der Waals surface area contributed by atoms with Crippen molar-refractivity contribution in [3.8, 4) is 6.07 Å². The summed E-state index contributed by atoms with van der Waals surface area (Å²) >= 11 is 0. The number of nitrogens with one attached hydrogen (secondary N) is 1. The van der Waals surface area contributed by atoms with Crippen LogP contribution < -0.4 is 5.32 Å². The van der Waals surface area contributed by atoms with Gasteiger partial charge in [0.25, 0.3) is 0 Å². The monoisotopic (exact) mass is 231 g/mol. The van der Waals surface area contributed by atoms with Crippen molar-refractivity contribution in [3.05, 3.63) is 36.2 Å². The smallest absolute Gasteiger partial charge is 0.350 e. The van der Waals surface area contributed by atoms with Gasteiger partial charge in [-0.2, -0.15) is 5.26 Å². The Hall–Kier alpha value is -2.35. The molecular weight excluding hydrogens is 218 g/mol. The molecule has 0 amide bonds. The number of rotatable bonds is 4. The summed E-state index contributed by atoms with van der Waals surface area (Å²) in [5.74, 6) is -0.0940. The van der Waals surface area contributed by atoms with Gasteiger partial charge in [0.2, 0.25) is 0 Å². The zero-order chi connectivity index (χ0) is 12.7. The lowest BCUT2D eigenvalue weighted by Gasteiger charge is -2.06. The van der Waals surface area contributed by atoms with Crippen LogP contribution in [-0.2, 0) is 9.53 Å². The quantitative estimate of drug-likeness (QED) is 0.486. The van der Waals surface area contributed by atoms with E-state index in [4.69, 9.17) is 10.00 Å². The normalized spacial score (nSPS) is 10.8. The summed E-state index contributed by atoms with van der Waals surface area (Å²) in [6, 6.07) is 7.06. The minimum atomic E-state index is -0.647. The van der Waals surface area contributed by atoms with Crippen LogP contribution in [0.5, 0.6) is 0 Å². The van der Waals surface area contributed by atoms with Crippen LogP contribution in [0, 0.1) is 11.3 Å². The first-order chi connectivity index (χ1) is 8.13. The molecule has 0 aliphatic carbocycles. The highest BCUT2D eigenvalue weighted by molar-refractivity contribution is 5.93. The molecule has 1 rings (SSSR count). The van der Waals surface area contributed by atoms with Gasteiger partial charge in [0, 0.05) is 12.4 Å². The summed E-state index contributed by atoms with van der Waals surface area (Å²) in [5.41, 5.74) is -0.0932.